The topological polar surface area (TPSA) is 59.4 Å². The van der Waals surface area contributed by atoms with Crippen molar-refractivity contribution in [3.8, 4) is 16.9 Å². The molecule has 1 heterocycles. The molecule has 0 unspecified atom stereocenters. The van der Waals surface area contributed by atoms with Gasteiger partial charge in [-0.1, -0.05) is 66.7 Å². The first-order chi connectivity index (χ1) is 19.6. The predicted octanol–water partition coefficient (Wildman–Crippen LogP) is 8.33. The molecule has 0 aliphatic rings. The third-order valence-corrected chi connectivity index (χ3v) is 7.17. The standard InChI is InChI=1S/C34H28F3NO3/c1-21-15-27(22(2)14-25(21)18-31(39)40)20-41-28-11-6-10-24(17-28)32-26(16-23-8-4-3-5-9-23)19-38-33-29(32)12-7-13-30(33)34(35,36)37/h3-15,17,19H,16,18,20H2,1-2H3,(H,39,40). The average Bonchev–Trinajstić information content (AvgIpc) is 2.93. The molecule has 0 aliphatic heterocycles. The van der Waals surface area contributed by atoms with E-state index in [0.29, 0.717) is 23.1 Å². The second-order valence-electron chi connectivity index (χ2n) is 10.1. The van der Waals surface area contributed by atoms with Gasteiger partial charge in [-0.25, -0.2) is 0 Å². The van der Waals surface area contributed by atoms with Crippen LogP contribution >= 0.6 is 0 Å². The van der Waals surface area contributed by atoms with Crippen LogP contribution in [0, 0.1) is 13.8 Å². The second kappa shape index (κ2) is 11.5. The highest BCUT2D eigenvalue weighted by atomic mass is 19.4. The summed E-state index contributed by atoms with van der Waals surface area (Å²) >= 11 is 0. The summed E-state index contributed by atoms with van der Waals surface area (Å²) in [7, 11) is 0. The van der Waals surface area contributed by atoms with E-state index in [0.717, 1.165) is 45.0 Å². The molecule has 0 amide bonds. The van der Waals surface area contributed by atoms with Gasteiger partial charge >= 0.3 is 12.1 Å². The van der Waals surface area contributed by atoms with Crippen LogP contribution in [-0.2, 0) is 30.4 Å². The molecule has 0 spiro atoms. The molecule has 1 aromatic heterocycles. The zero-order valence-electron chi connectivity index (χ0n) is 22.6. The number of fused-ring (bicyclic) bond motifs is 1. The summed E-state index contributed by atoms with van der Waals surface area (Å²) in [6.07, 6.45) is -2.54. The Morgan fingerprint density at radius 3 is 2.29 bits per heavy atom. The average molecular weight is 556 g/mol. The number of alkyl halides is 3. The minimum Gasteiger partial charge on any atom is -0.489 e. The summed E-state index contributed by atoms with van der Waals surface area (Å²) in [5.74, 6) is -0.317. The Balaban J connectivity index is 1.54. The number of aromatic nitrogens is 1. The van der Waals surface area contributed by atoms with Gasteiger partial charge in [0, 0.05) is 11.6 Å². The summed E-state index contributed by atoms with van der Waals surface area (Å²) in [6.45, 7) is 4.05. The highest BCUT2D eigenvalue weighted by Crippen LogP contribution is 2.39. The molecule has 4 nitrogen and oxygen atoms in total. The van der Waals surface area contributed by atoms with E-state index in [2.05, 4.69) is 4.98 Å². The van der Waals surface area contributed by atoms with Crippen molar-refractivity contribution in [3.63, 3.8) is 0 Å². The molecule has 0 saturated carbocycles. The summed E-state index contributed by atoms with van der Waals surface area (Å²) in [5, 5.41) is 9.58. The first kappa shape index (κ1) is 27.9. The molecule has 41 heavy (non-hydrogen) atoms. The van der Waals surface area contributed by atoms with Crippen molar-refractivity contribution in [1.29, 1.82) is 0 Å². The van der Waals surface area contributed by atoms with Crippen LogP contribution in [0.15, 0.2) is 91.1 Å². The minimum atomic E-state index is -4.54. The molecule has 0 radical (unpaired) electrons. The van der Waals surface area contributed by atoms with E-state index in [1.54, 1.807) is 6.07 Å². The van der Waals surface area contributed by atoms with Crippen molar-refractivity contribution in [2.45, 2.75) is 39.5 Å². The van der Waals surface area contributed by atoms with Gasteiger partial charge in [0.05, 0.1) is 17.5 Å². The van der Waals surface area contributed by atoms with Crippen LogP contribution in [0.25, 0.3) is 22.0 Å². The van der Waals surface area contributed by atoms with Crippen LogP contribution in [0.1, 0.15) is 38.9 Å². The number of aryl methyl sites for hydroxylation is 2. The maximum Gasteiger partial charge on any atom is 0.418 e. The maximum atomic E-state index is 13.9. The third kappa shape index (κ3) is 6.24. The largest absolute Gasteiger partial charge is 0.489 e. The van der Waals surface area contributed by atoms with Gasteiger partial charge < -0.3 is 9.84 Å². The first-order valence-electron chi connectivity index (χ1n) is 13.2. The lowest BCUT2D eigenvalue weighted by Gasteiger charge is -2.17. The SMILES string of the molecule is Cc1cc(CC(=O)O)c(C)cc1COc1cccc(-c2c(Cc3ccccc3)cnc3c(C(F)(F)F)cccc23)c1. The van der Waals surface area contributed by atoms with Gasteiger partial charge in [-0.05, 0) is 83.0 Å². The molecule has 0 fully saturated rings. The lowest BCUT2D eigenvalue weighted by Crippen LogP contribution is -2.07. The van der Waals surface area contributed by atoms with E-state index < -0.39 is 17.7 Å². The smallest absolute Gasteiger partial charge is 0.418 e. The lowest BCUT2D eigenvalue weighted by atomic mass is 9.92. The fourth-order valence-corrected chi connectivity index (χ4v) is 5.13. The Hall–Kier alpha value is -4.65. The summed E-state index contributed by atoms with van der Waals surface area (Å²) in [4.78, 5) is 15.5. The minimum absolute atomic E-state index is 0.0445. The number of carbonyl (C=O) groups is 1. The maximum absolute atomic E-state index is 13.9. The quantitative estimate of drug-likeness (QED) is 0.209. The van der Waals surface area contributed by atoms with Crippen LogP contribution in [0.4, 0.5) is 13.2 Å². The summed E-state index contributed by atoms with van der Waals surface area (Å²) in [6, 6.07) is 25.0. The molecule has 208 valence electrons. The van der Waals surface area contributed by atoms with Gasteiger partial charge in [-0.2, -0.15) is 13.2 Å². The molecular weight excluding hydrogens is 527 g/mol. The van der Waals surface area contributed by atoms with E-state index in [-0.39, 0.29) is 18.5 Å². The Labute approximate surface area is 236 Å². The van der Waals surface area contributed by atoms with Gasteiger partial charge in [-0.3, -0.25) is 9.78 Å². The van der Waals surface area contributed by atoms with Gasteiger partial charge in [-0.15, -0.1) is 0 Å². The number of aliphatic carboxylic acids is 1. The number of carboxylic acid groups (broad SMARTS) is 1. The fourth-order valence-electron chi connectivity index (χ4n) is 5.13. The van der Waals surface area contributed by atoms with Gasteiger partial charge in [0.2, 0.25) is 0 Å². The van der Waals surface area contributed by atoms with Crippen LogP contribution in [0.5, 0.6) is 5.75 Å². The van der Waals surface area contributed by atoms with E-state index in [1.807, 2.05) is 80.6 Å². The normalized spacial score (nSPS) is 11.5. The Bertz CT molecular complexity index is 1730. The van der Waals surface area contributed by atoms with E-state index in [9.17, 15) is 18.0 Å². The molecule has 5 rings (SSSR count). The van der Waals surface area contributed by atoms with Crippen LogP contribution in [-0.4, -0.2) is 16.1 Å². The third-order valence-electron chi connectivity index (χ3n) is 7.17. The second-order valence-corrected chi connectivity index (χ2v) is 10.1. The number of halogens is 3. The van der Waals surface area contributed by atoms with Crippen molar-refractivity contribution in [3.05, 3.63) is 130 Å². The first-order valence-corrected chi connectivity index (χ1v) is 13.2. The number of hydrogen-bond donors (Lipinski definition) is 1. The Kier molecular flexibility index (Phi) is 7.79. The number of nitrogens with zero attached hydrogens (tertiary/aromatic N) is 1. The molecule has 7 heteroatoms. The van der Waals surface area contributed by atoms with Crippen LogP contribution < -0.4 is 4.74 Å². The van der Waals surface area contributed by atoms with Gasteiger partial charge in [0.1, 0.15) is 12.4 Å². The number of carboxylic acids is 1. The highest BCUT2D eigenvalue weighted by molar-refractivity contribution is 5.98. The highest BCUT2D eigenvalue weighted by Gasteiger charge is 2.33. The predicted molar refractivity (Wildman–Crippen MR) is 153 cm³/mol. The molecule has 4 aromatic carbocycles. The van der Waals surface area contributed by atoms with Crippen molar-refractivity contribution in [1.82, 2.24) is 4.98 Å². The molecule has 0 aliphatic carbocycles. The molecule has 0 atom stereocenters. The van der Waals surface area contributed by atoms with Crippen molar-refractivity contribution < 1.29 is 27.8 Å². The van der Waals surface area contributed by atoms with Gasteiger partial charge in [0.15, 0.2) is 0 Å². The number of hydrogen-bond acceptors (Lipinski definition) is 3. The Morgan fingerprint density at radius 1 is 0.854 bits per heavy atom. The van der Waals surface area contributed by atoms with Gasteiger partial charge in [0.25, 0.3) is 0 Å². The summed E-state index contributed by atoms with van der Waals surface area (Å²) < 4.78 is 47.8. The zero-order valence-corrected chi connectivity index (χ0v) is 22.6. The van der Waals surface area contributed by atoms with Crippen molar-refractivity contribution in [2.75, 3.05) is 0 Å². The van der Waals surface area contributed by atoms with Crippen molar-refractivity contribution >= 4 is 16.9 Å². The van der Waals surface area contributed by atoms with Crippen molar-refractivity contribution in [2.24, 2.45) is 0 Å². The number of ether oxygens (including phenoxy) is 1. The van der Waals surface area contributed by atoms with Crippen LogP contribution in [0.2, 0.25) is 0 Å². The number of rotatable bonds is 8. The number of benzene rings is 4. The monoisotopic (exact) mass is 555 g/mol. The molecule has 1 N–H and O–H groups in total. The number of pyridine rings is 1. The Morgan fingerprint density at radius 2 is 1.56 bits per heavy atom. The fraction of sp³-hybridized carbons (Fsp3) is 0.176. The molecule has 0 saturated heterocycles. The molecule has 0 bridgehead atoms. The molecular formula is C34H28F3NO3. The van der Waals surface area contributed by atoms with E-state index in [4.69, 9.17) is 9.84 Å². The lowest BCUT2D eigenvalue weighted by molar-refractivity contribution is -0.137. The summed E-state index contributed by atoms with van der Waals surface area (Å²) in [5.41, 5.74) is 5.85. The molecule has 5 aromatic rings. The zero-order chi connectivity index (χ0) is 29.1. The number of para-hydroxylation sites is 1. The van der Waals surface area contributed by atoms with E-state index >= 15 is 0 Å². The van der Waals surface area contributed by atoms with Crippen LogP contribution in [0.3, 0.4) is 0 Å². The van der Waals surface area contributed by atoms with E-state index in [1.165, 1.54) is 12.3 Å².